The first-order valence-corrected chi connectivity index (χ1v) is 9.39. The van der Waals surface area contributed by atoms with Gasteiger partial charge < -0.3 is 5.73 Å². The lowest BCUT2D eigenvalue weighted by Crippen LogP contribution is -2.06. The number of halogens is 2. The number of anilines is 1. The summed E-state index contributed by atoms with van der Waals surface area (Å²) in [5.41, 5.74) is 6.76. The van der Waals surface area contributed by atoms with E-state index in [-0.39, 0.29) is 11.5 Å². The molecule has 5 nitrogen and oxygen atoms in total. The predicted molar refractivity (Wildman–Crippen MR) is 91.5 cm³/mol. The first-order chi connectivity index (χ1) is 9.82. The van der Waals surface area contributed by atoms with Crippen LogP contribution >= 0.6 is 31.9 Å². The number of nitrogen functional groups attached to an aromatic ring is 1. The summed E-state index contributed by atoms with van der Waals surface area (Å²) in [7, 11) is -2.95. The second-order valence-corrected chi connectivity index (χ2v) is 8.31. The number of nitrogens with two attached hydrogens (primary N) is 1. The molecule has 0 aliphatic heterocycles. The van der Waals surface area contributed by atoms with Gasteiger partial charge in [0.2, 0.25) is 0 Å². The van der Waals surface area contributed by atoms with Crippen LogP contribution in [0.4, 0.5) is 5.69 Å². The van der Waals surface area contributed by atoms with Crippen LogP contribution in [0, 0.1) is 0 Å². The van der Waals surface area contributed by atoms with Gasteiger partial charge in [0, 0.05) is 39.5 Å². The molecule has 2 aromatic rings. The molecule has 0 fully saturated rings. The topological polar surface area (TPSA) is 85.9 Å². The van der Waals surface area contributed by atoms with Gasteiger partial charge in [0.05, 0.1) is 11.4 Å². The average molecular weight is 437 g/mol. The highest BCUT2D eigenvalue weighted by molar-refractivity contribution is 9.10. The maximum absolute atomic E-state index is 11.2. The Hall–Kier alpha value is -0.990. The minimum atomic E-state index is -2.95. The molecule has 2 heterocycles. The molecule has 0 saturated heterocycles. The Bertz CT molecular complexity index is 676. The fourth-order valence-corrected chi connectivity index (χ4v) is 2.98. The van der Waals surface area contributed by atoms with E-state index in [0.29, 0.717) is 5.69 Å². The quantitative estimate of drug-likeness (QED) is 0.798. The van der Waals surface area contributed by atoms with Gasteiger partial charge >= 0.3 is 0 Å². The summed E-state index contributed by atoms with van der Waals surface area (Å²) < 4.78 is 24.2. The molecule has 2 rings (SSSR count). The average Bonchev–Trinajstić information content (AvgIpc) is 2.38. The fraction of sp³-hybridized carbons (Fsp3) is 0.231. The number of rotatable bonds is 3. The van der Waals surface area contributed by atoms with Crippen molar-refractivity contribution in [1.82, 2.24) is 9.97 Å². The summed E-state index contributed by atoms with van der Waals surface area (Å²) in [5.74, 6) is 0.232. The Morgan fingerprint density at radius 1 is 1.05 bits per heavy atom. The van der Waals surface area contributed by atoms with Crippen molar-refractivity contribution in [2.24, 2.45) is 0 Å². The number of sulfone groups is 1. The standard InChI is InChI=1S/C8H10BrNO2S.C5H5BrN2/c1-2-13(11,12)6-7-3-8(9)5-10-4-7;6-4-1-5(7)3-8-2-4/h3-5H,2,6H2,1H3;1-3H,7H2. The van der Waals surface area contributed by atoms with Crippen molar-refractivity contribution in [3.8, 4) is 0 Å². The second kappa shape index (κ2) is 8.45. The van der Waals surface area contributed by atoms with Crippen molar-refractivity contribution in [2.75, 3.05) is 11.5 Å². The molecule has 2 N–H and O–H groups in total. The molecule has 0 aliphatic carbocycles. The molecule has 0 bridgehead atoms. The van der Waals surface area contributed by atoms with E-state index in [9.17, 15) is 8.42 Å². The highest BCUT2D eigenvalue weighted by Gasteiger charge is 2.08. The molecule has 0 aromatic carbocycles. The summed E-state index contributed by atoms with van der Waals surface area (Å²) in [5, 5.41) is 0. The summed E-state index contributed by atoms with van der Waals surface area (Å²) in [6.07, 6.45) is 6.49. The lowest BCUT2D eigenvalue weighted by atomic mass is 10.3. The highest BCUT2D eigenvalue weighted by Crippen LogP contribution is 2.12. The first-order valence-electron chi connectivity index (χ1n) is 5.98. The highest BCUT2D eigenvalue weighted by atomic mass is 79.9. The van der Waals surface area contributed by atoms with E-state index >= 15 is 0 Å². The third kappa shape index (κ3) is 7.54. The summed E-state index contributed by atoms with van der Waals surface area (Å²) in [4.78, 5) is 7.70. The van der Waals surface area contributed by atoms with E-state index in [1.807, 2.05) is 0 Å². The van der Waals surface area contributed by atoms with Crippen LogP contribution in [-0.4, -0.2) is 24.1 Å². The molecular formula is C13H15Br2N3O2S. The molecule has 21 heavy (non-hydrogen) atoms. The van der Waals surface area contributed by atoms with Gasteiger partial charge in [0.1, 0.15) is 0 Å². The van der Waals surface area contributed by atoms with Crippen LogP contribution in [0.15, 0.2) is 45.9 Å². The molecule has 114 valence electrons. The van der Waals surface area contributed by atoms with Crippen molar-refractivity contribution >= 4 is 47.4 Å². The van der Waals surface area contributed by atoms with Gasteiger partial charge in [-0.25, -0.2) is 8.42 Å². The lowest BCUT2D eigenvalue weighted by Gasteiger charge is -2.00. The predicted octanol–water partition coefficient (Wildman–Crippen LogP) is 3.21. The van der Waals surface area contributed by atoms with Gasteiger partial charge in [-0.15, -0.1) is 0 Å². The van der Waals surface area contributed by atoms with Crippen LogP contribution in [-0.2, 0) is 15.6 Å². The minimum Gasteiger partial charge on any atom is -0.397 e. The molecule has 0 atom stereocenters. The molecule has 0 radical (unpaired) electrons. The Morgan fingerprint density at radius 2 is 1.62 bits per heavy atom. The molecule has 8 heteroatoms. The molecule has 0 spiro atoms. The first kappa shape index (κ1) is 18.1. The third-order valence-electron chi connectivity index (χ3n) is 2.31. The van der Waals surface area contributed by atoms with Gasteiger partial charge in [-0.05, 0) is 49.6 Å². The monoisotopic (exact) mass is 435 g/mol. The number of hydrogen-bond donors (Lipinski definition) is 1. The van der Waals surface area contributed by atoms with Crippen LogP contribution < -0.4 is 5.73 Å². The number of nitrogens with zero attached hydrogens (tertiary/aromatic N) is 2. The van der Waals surface area contributed by atoms with E-state index in [2.05, 4.69) is 41.8 Å². The van der Waals surface area contributed by atoms with Gasteiger partial charge in [-0.3, -0.25) is 9.97 Å². The zero-order valence-electron chi connectivity index (χ0n) is 11.3. The van der Waals surface area contributed by atoms with Crippen molar-refractivity contribution in [2.45, 2.75) is 12.7 Å². The summed E-state index contributed by atoms with van der Waals surface area (Å²) >= 11 is 6.45. The molecular weight excluding hydrogens is 422 g/mol. The number of hydrogen-bond acceptors (Lipinski definition) is 5. The van der Waals surface area contributed by atoms with Crippen LogP contribution in [0.5, 0.6) is 0 Å². The Labute approximate surface area is 141 Å². The molecule has 2 aromatic heterocycles. The molecule has 0 aliphatic rings. The number of pyridine rings is 2. The minimum absolute atomic E-state index is 0.0654. The van der Waals surface area contributed by atoms with Gasteiger partial charge in [0.25, 0.3) is 0 Å². The van der Waals surface area contributed by atoms with Crippen LogP contribution in [0.1, 0.15) is 12.5 Å². The molecule has 0 unspecified atom stereocenters. The van der Waals surface area contributed by atoms with Crippen molar-refractivity contribution in [3.63, 3.8) is 0 Å². The van der Waals surface area contributed by atoms with E-state index in [1.165, 1.54) is 0 Å². The summed E-state index contributed by atoms with van der Waals surface area (Å²) in [6, 6.07) is 3.56. The van der Waals surface area contributed by atoms with Crippen LogP contribution in [0.2, 0.25) is 0 Å². The van der Waals surface area contributed by atoms with E-state index in [0.717, 1.165) is 14.5 Å². The maximum Gasteiger partial charge on any atom is 0.154 e. The van der Waals surface area contributed by atoms with Gasteiger partial charge in [-0.1, -0.05) is 6.92 Å². The van der Waals surface area contributed by atoms with Crippen molar-refractivity contribution in [1.29, 1.82) is 0 Å². The van der Waals surface area contributed by atoms with E-state index in [4.69, 9.17) is 5.73 Å². The maximum atomic E-state index is 11.2. The largest absolute Gasteiger partial charge is 0.397 e. The van der Waals surface area contributed by atoms with Gasteiger partial charge in [-0.2, -0.15) is 0 Å². The van der Waals surface area contributed by atoms with Crippen LogP contribution in [0.3, 0.4) is 0 Å². The Kier molecular flexibility index (Phi) is 7.27. The summed E-state index contributed by atoms with van der Waals surface area (Å²) in [6.45, 7) is 1.64. The smallest absolute Gasteiger partial charge is 0.154 e. The van der Waals surface area contributed by atoms with Crippen molar-refractivity contribution in [3.05, 3.63) is 51.4 Å². The zero-order valence-corrected chi connectivity index (χ0v) is 15.3. The van der Waals surface area contributed by atoms with Gasteiger partial charge in [0.15, 0.2) is 9.84 Å². The van der Waals surface area contributed by atoms with Crippen LogP contribution in [0.25, 0.3) is 0 Å². The van der Waals surface area contributed by atoms with Crippen molar-refractivity contribution < 1.29 is 8.42 Å². The second-order valence-electron chi connectivity index (χ2n) is 4.12. The fourth-order valence-electron chi connectivity index (χ4n) is 1.32. The third-order valence-corrected chi connectivity index (χ3v) is 4.83. The Morgan fingerprint density at radius 3 is 2.05 bits per heavy atom. The Balaban J connectivity index is 0.000000235. The molecule has 0 saturated carbocycles. The van der Waals surface area contributed by atoms with E-state index < -0.39 is 9.84 Å². The normalized spacial score (nSPS) is 10.6. The van der Waals surface area contributed by atoms with E-state index in [1.54, 1.807) is 43.8 Å². The SMILES string of the molecule is CCS(=O)(=O)Cc1cncc(Br)c1.Nc1cncc(Br)c1. The lowest BCUT2D eigenvalue weighted by molar-refractivity contribution is 0.596. The zero-order chi connectivity index (χ0) is 15.9. The molecule has 0 amide bonds. The number of aromatic nitrogens is 2.